The molecule has 0 radical (unpaired) electrons. The summed E-state index contributed by atoms with van der Waals surface area (Å²) in [5, 5.41) is 14.6. The van der Waals surface area contributed by atoms with Gasteiger partial charge in [-0.3, -0.25) is 0 Å². The highest BCUT2D eigenvalue weighted by Gasteiger charge is 2.45. The van der Waals surface area contributed by atoms with Crippen LogP contribution in [-0.2, 0) is 11.8 Å². The minimum absolute atomic E-state index is 0.164. The van der Waals surface area contributed by atoms with Crippen LogP contribution in [0, 0.1) is 41.5 Å². The van der Waals surface area contributed by atoms with Crippen molar-refractivity contribution in [1.29, 1.82) is 0 Å². The van der Waals surface area contributed by atoms with Crippen LogP contribution in [0.1, 0.15) is 70.8 Å². The van der Waals surface area contributed by atoms with Crippen LogP contribution < -0.4 is 42.3 Å². The van der Waals surface area contributed by atoms with Gasteiger partial charge in [0.05, 0.1) is 55.2 Å². The first-order valence-corrected chi connectivity index (χ1v) is 45.4. The summed E-state index contributed by atoms with van der Waals surface area (Å²) in [5.41, 5.74) is 44.0. The molecule has 0 amide bonds. The van der Waals surface area contributed by atoms with Gasteiger partial charge >= 0.3 is 0 Å². The summed E-state index contributed by atoms with van der Waals surface area (Å²) < 4.78 is 30.3. The van der Waals surface area contributed by atoms with Crippen molar-refractivity contribution in [2.24, 2.45) is 0 Å². The first-order chi connectivity index (χ1) is 63.0. The maximum Gasteiger partial charge on any atom is 0.256 e. The van der Waals surface area contributed by atoms with Crippen LogP contribution in [0.3, 0.4) is 0 Å². The van der Waals surface area contributed by atoms with E-state index in [0.717, 1.165) is 84.5 Å². The number of aromatic nitrogens is 6. The second-order valence-corrected chi connectivity index (χ2v) is 38.2. The van der Waals surface area contributed by atoms with E-state index in [1.807, 2.05) is 0 Å². The van der Waals surface area contributed by atoms with Gasteiger partial charge in [0.25, 0.3) is 13.4 Å². The predicted molar refractivity (Wildman–Crippen MR) is 542 cm³/mol. The van der Waals surface area contributed by atoms with Crippen LogP contribution in [0.2, 0.25) is 0 Å². The zero-order valence-corrected chi connectivity index (χ0v) is 73.1. The Kier molecular flexibility index (Phi) is 14.7. The molecule has 8 nitrogen and oxygen atoms in total. The molecule has 28 rings (SSSR count). The molecule has 6 aromatic heterocycles. The first-order valence-electron chi connectivity index (χ1n) is 45.4. The van der Waals surface area contributed by atoms with Crippen molar-refractivity contribution in [3.8, 4) is 79.4 Å². The third-order valence-corrected chi connectivity index (χ3v) is 29.5. The van der Waals surface area contributed by atoms with Crippen LogP contribution in [0.4, 0.5) is 0 Å². The topological polar surface area (TPSA) is 48.0 Å². The molecule has 4 aliphatic heterocycles. The quantitative estimate of drug-likeness (QED) is 0.142. The van der Waals surface area contributed by atoms with Crippen molar-refractivity contribution in [2.45, 2.75) is 74.1 Å². The average molecular weight is 1650 g/mol. The fourth-order valence-corrected chi connectivity index (χ4v) is 24.5. The number of para-hydroxylation sites is 7. The molecular formula is C119H84B2N6O2. The van der Waals surface area contributed by atoms with Gasteiger partial charge in [-0.15, -0.1) is 0 Å². The van der Waals surface area contributed by atoms with Gasteiger partial charge in [-0.25, -0.2) is 0 Å². The Morgan fingerprint density at radius 3 is 1.00 bits per heavy atom. The van der Waals surface area contributed by atoms with E-state index in [-0.39, 0.29) is 18.8 Å². The van der Waals surface area contributed by atoms with Crippen molar-refractivity contribution >= 4 is 177 Å². The third-order valence-electron chi connectivity index (χ3n) is 29.5. The molecule has 0 saturated carbocycles. The Labute approximate surface area is 746 Å². The van der Waals surface area contributed by atoms with Crippen molar-refractivity contribution in [2.75, 3.05) is 0 Å². The summed E-state index contributed by atoms with van der Waals surface area (Å²) in [4.78, 5) is 0. The molecule has 0 spiro atoms. The molecule has 0 atom stereocenters. The summed E-state index contributed by atoms with van der Waals surface area (Å²) in [6.07, 6.45) is 0.641. The smallest absolute Gasteiger partial charge is 0.256 e. The molecule has 0 bridgehead atoms. The van der Waals surface area contributed by atoms with E-state index in [4.69, 9.17) is 9.47 Å². The summed E-state index contributed by atoms with van der Waals surface area (Å²) in [7, 11) is 0. The lowest BCUT2D eigenvalue weighted by molar-refractivity contribution is 0.483. The van der Waals surface area contributed by atoms with Gasteiger partial charge in [-0.05, 0) is 293 Å². The van der Waals surface area contributed by atoms with Gasteiger partial charge in [-0.1, -0.05) is 220 Å². The van der Waals surface area contributed by atoms with E-state index in [0.29, 0.717) is 6.42 Å². The van der Waals surface area contributed by atoms with E-state index >= 15 is 0 Å². The van der Waals surface area contributed by atoms with Gasteiger partial charge in [0.1, 0.15) is 23.0 Å². The maximum atomic E-state index is 7.65. The minimum atomic E-state index is -0.209. The van der Waals surface area contributed by atoms with Crippen LogP contribution in [0.15, 0.2) is 334 Å². The lowest BCUT2D eigenvalue weighted by atomic mass is 9.34. The number of nitrogens with zero attached hydrogens (tertiary/aromatic N) is 6. The number of hydrogen-bond acceptors (Lipinski definition) is 2. The fraction of sp³-hybridized carbons (Fsp3) is 0.0924. The largest absolute Gasteiger partial charge is 0.458 e. The molecular weight excluding hydrogens is 1570 g/mol. The van der Waals surface area contributed by atoms with Crippen molar-refractivity contribution in [1.82, 2.24) is 27.4 Å². The summed E-state index contributed by atoms with van der Waals surface area (Å²) >= 11 is 0. The standard InChI is InChI=1S/C119H84B2N6O2/c1-66-48-68(3)113(69(4)49-66)74-39-46-109-93(56-74)120-95-64-79(124-100-34-20-12-26-83(100)84-27-13-21-35-101(84)124)62-91-89-60-77(122-97-31-17-10-24-81(97)82-25-11-18-32-98(82)122)41-44-104(89)126(117(91)95)107-54-73(55-111(128-109)115(107)120)52-72-38-43-88-87-30-16-19-33-99(87)123(106(88)53-72)78-42-45-105-90(61-78)92-63-80(125-102-36-22-14-28-85(102)86-29-15-23-37-103(86)125)65-96-118(92)127(105)108-58-76(119(7,8)9)59-112-116(108)121(96)94-57-75(40-47-110(94)129-112)114-70(5)50-67(2)51-71(114)6/h10-51,53-65H,52H2,1-9H3. The van der Waals surface area contributed by atoms with Gasteiger partial charge in [0.2, 0.25) is 0 Å². The molecule has 4 aliphatic rings. The highest BCUT2D eigenvalue weighted by atomic mass is 16.5. The van der Waals surface area contributed by atoms with Crippen LogP contribution in [0.25, 0.3) is 187 Å². The van der Waals surface area contributed by atoms with Crippen molar-refractivity contribution in [3.05, 3.63) is 384 Å². The lowest BCUT2D eigenvalue weighted by Gasteiger charge is -2.35. The normalized spacial score (nSPS) is 13.1. The summed E-state index contributed by atoms with van der Waals surface area (Å²) in [5.74, 6) is 3.57. The molecule has 0 unspecified atom stereocenters. The average Bonchev–Trinajstić information content (AvgIpc) is 1.63. The molecule has 10 heterocycles. The molecule has 24 aromatic rings. The number of ether oxygens (including phenoxy) is 2. The molecule has 0 N–H and O–H groups in total. The van der Waals surface area contributed by atoms with E-state index in [2.05, 4.69) is 423 Å². The fourth-order valence-electron chi connectivity index (χ4n) is 24.5. The maximum absolute atomic E-state index is 7.65. The van der Waals surface area contributed by atoms with Crippen molar-refractivity contribution in [3.63, 3.8) is 0 Å². The number of fused-ring (bicyclic) bond motifs is 26. The summed E-state index contributed by atoms with van der Waals surface area (Å²) in [6.45, 7) is 20.1. The molecule has 0 aliphatic carbocycles. The highest BCUT2D eigenvalue weighted by Crippen LogP contribution is 2.49. The monoisotopic (exact) mass is 1650 g/mol. The van der Waals surface area contributed by atoms with E-state index < -0.39 is 0 Å². The Morgan fingerprint density at radius 1 is 0.248 bits per heavy atom. The highest BCUT2D eigenvalue weighted by molar-refractivity contribution is 7.00. The number of rotatable bonds is 8. The van der Waals surface area contributed by atoms with E-state index in [9.17, 15) is 0 Å². The second kappa shape index (κ2) is 26.1. The Morgan fingerprint density at radius 2 is 0.597 bits per heavy atom. The SMILES string of the molecule is Cc1cc(C)c(-c2ccc3c(c2)B2c4c(cc(Cc5ccc6c7ccccc7n(-c7ccc8c(c7)c7cc(-n9c%10ccccc%10c%10ccccc%109)cc9c7n8-c7cc(C(C)(C)C)cc8c7B9c7cc(-c9c(C)cc(C)cc9C)ccc7O8)c6c5)cc4-n4c5ccc(-n6c7ccccc7c7ccccc76)cc5c5cc(-n6c7ccccc7c7ccccc76)cc2c54)O3)c(C)c1. The molecule has 0 fully saturated rings. The van der Waals surface area contributed by atoms with Crippen molar-refractivity contribution < 1.29 is 9.47 Å². The van der Waals surface area contributed by atoms with E-state index in [1.165, 1.54) is 209 Å². The van der Waals surface area contributed by atoms with Crippen LogP contribution in [-0.4, -0.2) is 40.8 Å². The zero-order valence-electron chi connectivity index (χ0n) is 73.1. The van der Waals surface area contributed by atoms with Crippen LogP contribution >= 0.6 is 0 Å². The van der Waals surface area contributed by atoms with Gasteiger partial charge in [0, 0.05) is 110 Å². The molecule has 608 valence electrons. The minimum Gasteiger partial charge on any atom is -0.458 e. The molecule has 0 saturated heterocycles. The Hall–Kier alpha value is -15.5. The Bertz CT molecular complexity index is 9060. The number of benzene rings is 18. The van der Waals surface area contributed by atoms with Gasteiger partial charge in [-0.2, -0.15) is 0 Å². The van der Waals surface area contributed by atoms with Gasteiger partial charge < -0.3 is 36.9 Å². The Balaban J connectivity index is 0.662. The molecule has 18 aromatic carbocycles. The first kappa shape index (κ1) is 72.8. The van der Waals surface area contributed by atoms with Gasteiger partial charge in [0.15, 0.2) is 0 Å². The molecule has 10 heteroatoms. The molecule has 129 heavy (non-hydrogen) atoms. The lowest BCUT2D eigenvalue weighted by Crippen LogP contribution is -2.58. The second-order valence-electron chi connectivity index (χ2n) is 38.2. The van der Waals surface area contributed by atoms with Crippen LogP contribution in [0.5, 0.6) is 23.0 Å². The number of hydrogen-bond donors (Lipinski definition) is 0. The number of aryl methyl sites for hydroxylation is 6. The van der Waals surface area contributed by atoms with E-state index in [1.54, 1.807) is 0 Å². The zero-order chi connectivity index (χ0) is 85.7. The predicted octanol–water partition coefficient (Wildman–Crippen LogP) is 26.2. The third kappa shape index (κ3) is 10.1. The summed E-state index contributed by atoms with van der Waals surface area (Å²) in [6, 6.07) is 128.